The molecule has 0 atom stereocenters. The summed E-state index contributed by atoms with van der Waals surface area (Å²) in [5, 5.41) is 3.57. The van der Waals surface area contributed by atoms with Gasteiger partial charge in [-0.15, -0.1) is 13.2 Å². The number of nitrogens with zero attached hydrogens (tertiary/aromatic N) is 3. The van der Waals surface area contributed by atoms with Gasteiger partial charge in [0.05, 0.1) is 5.52 Å². The number of hydrogen-bond donors (Lipinski definition) is 1. The van der Waals surface area contributed by atoms with E-state index in [9.17, 15) is 26.7 Å². The van der Waals surface area contributed by atoms with E-state index in [0.717, 1.165) is 11.6 Å². The average Bonchev–Trinajstić information content (AvgIpc) is 3.21. The fourth-order valence-electron chi connectivity index (χ4n) is 4.75. The molecule has 0 saturated carbocycles. The largest absolute Gasteiger partial charge is 0.573 e. The Morgan fingerprint density at radius 2 is 1.95 bits per heavy atom. The molecule has 0 aliphatic carbocycles. The number of carbonyl (C=O) groups excluding carboxylic acids is 1. The Bertz CT molecular complexity index is 1600. The molecular formula is C28H22ClF5N4O2. The highest BCUT2D eigenvalue weighted by Gasteiger charge is 2.32. The van der Waals surface area contributed by atoms with E-state index in [0.29, 0.717) is 48.2 Å². The summed E-state index contributed by atoms with van der Waals surface area (Å²) < 4.78 is 71.5. The lowest BCUT2D eigenvalue weighted by Gasteiger charge is -2.27. The Morgan fingerprint density at radius 1 is 1.12 bits per heavy atom. The molecule has 208 valence electrons. The predicted octanol–water partition coefficient (Wildman–Crippen LogP) is 6.70. The highest BCUT2D eigenvalue weighted by Crippen LogP contribution is 2.35. The molecule has 6 nitrogen and oxygen atoms in total. The average molecular weight is 577 g/mol. The summed E-state index contributed by atoms with van der Waals surface area (Å²) in [5.74, 6) is -1.75. The number of nitrogens with one attached hydrogen (secondary N) is 1. The highest BCUT2D eigenvalue weighted by atomic mass is 35.5. The third-order valence-electron chi connectivity index (χ3n) is 6.49. The topological polar surface area (TPSA) is 59.4 Å². The Morgan fingerprint density at radius 3 is 2.70 bits per heavy atom. The molecule has 0 saturated heterocycles. The standard InChI is InChI=1S/C28H22ClF5N4O2/c29-26-12-17(7-9-35-26)15-36-27(39)38-24-6-5-20(40-28(32,33)34)14-21(24)22-16-37(11-8-25(22)38)10-1-2-18-3-4-19(30)13-23(18)31/h1-7,9,12-14H,8,10-11,15-16H2,(H,36,39)/b2-1+. The van der Waals surface area contributed by atoms with Crippen molar-refractivity contribution in [2.45, 2.75) is 25.9 Å². The van der Waals surface area contributed by atoms with Crippen LogP contribution >= 0.6 is 11.6 Å². The molecule has 5 rings (SSSR count). The van der Waals surface area contributed by atoms with Crippen LogP contribution in [0.15, 0.2) is 60.8 Å². The maximum absolute atomic E-state index is 14.0. The number of alkyl halides is 3. The monoisotopic (exact) mass is 576 g/mol. The number of aromatic nitrogens is 2. The molecule has 3 heterocycles. The van der Waals surface area contributed by atoms with Gasteiger partial charge in [-0.1, -0.05) is 23.8 Å². The first-order chi connectivity index (χ1) is 19.1. The minimum atomic E-state index is -4.87. The second-order valence-electron chi connectivity index (χ2n) is 9.19. The number of hydrogen-bond acceptors (Lipinski definition) is 4. The van der Waals surface area contributed by atoms with E-state index in [4.69, 9.17) is 11.6 Å². The molecule has 1 N–H and O–H groups in total. The van der Waals surface area contributed by atoms with Crippen LogP contribution in [0.25, 0.3) is 17.0 Å². The first-order valence-corrected chi connectivity index (χ1v) is 12.6. The molecule has 0 fully saturated rings. The maximum atomic E-state index is 14.0. The predicted molar refractivity (Wildman–Crippen MR) is 140 cm³/mol. The molecule has 4 aromatic rings. The van der Waals surface area contributed by atoms with Crippen LogP contribution in [0.4, 0.5) is 26.7 Å². The normalized spacial score (nSPS) is 14.1. The fraction of sp³-hybridized carbons (Fsp3) is 0.214. The fourth-order valence-corrected chi connectivity index (χ4v) is 4.95. The quantitative estimate of drug-likeness (QED) is 0.205. The van der Waals surface area contributed by atoms with E-state index in [-0.39, 0.29) is 17.3 Å². The van der Waals surface area contributed by atoms with E-state index in [1.54, 1.807) is 24.3 Å². The molecule has 2 aromatic heterocycles. The van der Waals surface area contributed by atoms with Gasteiger partial charge in [-0.05, 0) is 53.6 Å². The SMILES string of the molecule is O=C(NCc1ccnc(Cl)c1)n1c2c(c3cc(OC(F)(F)F)ccc31)CN(C/C=C/c1ccc(F)cc1F)CC2. The molecule has 0 bridgehead atoms. The summed E-state index contributed by atoms with van der Waals surface area (Å²) in [4.78, 5) is 19.3. The van der Waals surface area contributed by atoms with Crippen LogP contribution in [0.1, 0.15) is 22.4 Å². The second kappa shape index (κ2) is 11.3. The van der Waals surface area contributed by atoms with Crippen LogP contribution < -0.4 is 10.1 Å². The van der Waals surface area contributed by atoms with Gasteiger partial charge in [-0.3, -0.25) is 9.47 Å². The van der Waals surface area contributed by atoms with Crippen molar-refractivity contribution >= 4 is 34.6 Å². The molecule has 0 radical (unpaired) electrons. The van der Waals surface area contributed by atoms with Crippen molar-refractivity contribution in [1.29, 1.82) is 0 Å². The minimum absolute atomic E-state index is 0.168. The summed E-state index contributed by atoms with van der Waals surface area (Å²) in [5.41, 5.74) is 2.77. The van der Waals surface area contributed by atoms with Crippen LogP contribution in [-0.4, -0.2) is 39.9 Å². The van der Waals surface area contributed by atoms with Crippen molar-refractivity contribution in [1.82, 2.24) is 19.8 Å². The van der Waals surface area contributed by atoms with Gasteiger partial charge in [-0.25, -0.2) is 18.6 Å². The molecule has 0 unspecified atom stereocenters. The van der Waals surface area contributed by atoms with E-state index >= 15 is 0 Å². The summed E-state index contributed by atoms with van der Waals surface area (Å²) in [6.07, 6.45) is 0.359. The van der Waals surface area contributed by atoms with Crippen molar-refractivity contribution in [3.05, 3.63) is 100.0 Å². The van der Waals surface area contributed by atoms with Crippen molar-refractivity contribution in [3.8, 4) is 5.75 Å². The van der Waals surface area contributed by atoms with E-state index in [1.165, 1.54) is 41.1 Å². The third kappa shape index (κ3) is 6.26. The lowest BCUT2D eigenvalue weighted by Crippen LogP contribution is -2.34. The molecule has 0 spiro atoms. The molecule has 40 heavy (non-hydrogen) atoms. The smallest absolute Gasteiger partial charge is 0.406 e. The molecule has 1 amide bonds. The molecule has 12 heteroatoms. The van der Waals surface area contributed by atoms with Gasteiger partial charge in [0.2, 0.25) is 0 Å². The van der Waals surface area contributed by atoms with E-state index in [1.807, 2.05) is 4.90 Å². The lowest BCUT2D eigenvalue weighted by atomic mass is 10.0. The van der Waals surface area contributed by atoms with Gasteiger partial charge in [0, 0.05) is 61.5 Å². The summed E-state index contributed by atoms with van der Waals surface area (Å²) in [6, 6.07) is 10.1. The van der Waals surface area contributed by atoms with Gasteiger partial charge in [0.1, 0.15) is 22.5 Å². The zero-order valence-corrected chi connectivity index (χ0v) is 21.6. The zero-order chi connectivity index (χ0) is 28.4. The van der Waals surface area contributed by atoms with Crippen LogP contribution in [0.3, 0.4) is 0 Å². The summed E-state index contributed by atoms with van der Waals surface area (Å²) >= 11 is 5.93. The Hall–Kier alpha value is -3.96. The second-order valence-corrected chi connectivity index (χ2v) is 9.57. The Kier molecular flexibility index (Phi) is 7.77. The summed E-state index contributed by atoms with van der Waals surface area (Å²) in [7, 11) is 0. The number of rotatable bonds is 6. The first kappa shape index (κ1) is 27.6. The number of amides is 1. The zero-order valence-electron chi connectivity index (χ0n) is 20.8. The molecule has 1 aliphatic heterocycles. The number of halogens is 6. The first-order valence-electron chi connectivity index (χ1n) is 12.2. The van der Waals surface area contributed by atoms with Crippen molar-refractivity contribution in [2.75, 3.05) is 13.1 Å². The van der Waals surface area contributed by atoms with Crippen LogP contribution in [0.5, 0.6) is 5.75 Å². The number of ether oxygens (including phenoxy) is 1. The van der Waals surface area contributed by atoms with Gasteiger partial charge < -0.3 is 10.1 Å². The van der Waals surface area contributed by atoms with E-state index in [2.05, 4.69) is 15.0 Å². The van der Waals surface area contributed by atoms with Crippen molar-refractivity contribution in [3.63, 3.8) is 0 Å². The van der Waals surface area contributed by atoms with Crippen LogP contribution in [-0.2, 0) is 19.5 Å². The summed E-state index contributed by atoms with van der Waals surface area (Å²) in [6.45, 7) is 1.44. The number of pyridine rings is 1. The number of fused-ring (bicyclic) bond motifs is 3. The molecule has 1 aliphatic rings. The van der Waals surface area contributed by atoms with Gasteiger partial charge >= 0.3 is 12.4 Å². The highest BCUT2D eigenvalue weighted by molar-refractivity contribution is 6.29. The maximum Gasteiger partial charge on any atom is 0.573 e. The van der Waals surface area contributed by atoms with Crippen LogP contribution in [0.2, 0.25) is 5.15 Å². The molecular weight excluding hydrogens is 555 g/mol. The van der Waals surface area contributed by atoms with Gasteiger partial charge in [-0.2, -0.15) is 0 Å². The lowest BCUT2D eigenvalue weighted by molar-refractivity contribution is -0.274. The van der Waals surface area contributed by atoms with Crippen molar-refractivity contribution < 1.29 is 31.5 Å². The Balaban J connectivity index is 1.42. The van der Waals surface area contributed by atoms with Crippen molar-refractivity contribution in [2.24, 2.45) is 0 Å². The van der Waals surface area contributed by atoms with E-state index < -0.39 is 29.8 Å². The third-order valence-corrected chi connectivity index (χ3v) is 6.70. The van der Waals surface area contributed by atoms with Gasteiger partial charge in [0.25, 0.3) is 0 Å². The molecule has 2 aromatic carbocycles. The van der Waals surface area contributed by atoms with Crippen LogP contribution in [0, 0.1) is 11.6 Å². The Labute approximate surface area is 230 Å². The number of carbonyl (C=O) groups is 1. The number of benzene rings is 2. The minimum Gasteiger partial charge on any atom is -0.406 e. The van der Waals surface area contributed by atoms with Gasteiger partial charge in [0.15, 0.2) is 0 Å².